The Hall–Kier alpha value is -1.71. The lowest BCUT2D eigenvalue weighted by Crippen LogP contribution is -2.01. The summed E-state index contributed by atoms with van der Waals surface area (Å²) in [6, 6.07) is 15.0. The van der Waals surface area contributed by atoms with Gasteiger partial charge in [-0.15, -0.1) is 0 Å². The maximum absolute atomic E-state index is 11.0. The standard InChI is InChI=1S/C16H13ClO2S/c1-12(18)19-15-4-2-3-5-16(15)20-11-10-13-6-8-14(17)9-7-13/h2-11H,1H3. The number of benzene rings is 2. The van der Waals surface area contributed by atoms with Gasteiger partial charge in [-0.1, -0.05) is 47.6 Å². The van der Waals surface area contributed by atoms with Gasteiger partial charge in [0.05, 0.1) is 4.90 Å². The molecule has 0 unspecified atom stereocenters. The fourth-order valence-electron chi connectivity index (χ4n) is 1.55. The highest BCUT2D eigenvalue weighted by atomic mass is 35.5. The second-order valence-corrected chi connectivity index (χ2v) is 5.40. The number of ether oxygens (including phenoxy) is 1. The molecule has 0 N–H and O–H groups in total. The highest BCUT2D eigenvalue weighted by Gasteiger charge is 2.04. The monoisotopic (exact) mass is 304 g/mol. The number of carbonyl (C=O) groups excluding carboxylic acids is 1. The molecule has 0 aromatic heterocycles. The lowest BCUT2D eigenvalue weighted by Gasteiger charge is -2.05. The minimum absolute atomic E-state index is 0.320. The van der Waals surface area contributed by atoms with Crippen molar-refractivity contribution in [2.45, 2.75) is 11.8 Å². The van der Waals surface area contributed by atoms with Gasteiger partial charge in [-0.2, -0.15) is 0 Å². The molecule has 0 saturated heterocycles. The molecule has 0 bridgehead atoms. The van der Waals surface area contributed by atoms with E-state index in [0.29, 0.717) is 5.75 Å². The molecule has 20 heavy (non-hydrogen) atoms. The van der Waals surface area contributed by atoms with Gasteiger partial charge >= 0.3 is 5.97 Å². The van der Waals surface area contributed by atoms with E-state index >= 15 is 0 Å². The van der Waals surface area contributed by atoms with Crippen LogP contribution in [0.25, 0.3) is 6.08 Å². The van der Waals surface area contributed by atoms with E-state index in [-0.39, 0.29) is 5.97 Å². The van der Waals surface area contributed by atoms with Gasteiger partial charge in [-0.05, 0) is 41.3 Å². The van der Waals surface area contributed by atoms with Crippen molar-refractivity contribution in [2.24, 2.45) is 0 Å². The Morgan fingerprint density at radius 1 is 1.15 bits per heavy atom. The topological polar surface area (TPSA) is 26.3 Å². The largest absolute Gasteiger partial charge is 0.426 e. The molecule has 2 aromatic carbocycles. The molecular formula is C16H13ClO2S. The number of hydrogen-bond acceptors (Lipinski definition) is 3. The molecule has 0 fully saturated rings. The summed E-state index contributed by atoms with van der Waals surface area (Å²) in [5, 5.41) is 2.67. The van der Waals surface area contributed by atoms with Crippen molar-refractivity contribution >= 4 is 35.4 Å². The molecule has 0 amide bonds. The summed E-state index contributed by atoms with van der Waals surface area (Å²) in [6.07, 6.45) is 1.98. The first-order valence-corrected chi connectivity index (χ1v) is 7.27. The lowest BCUT2D eigenvalue weighted by atomic mass is 10.2. The van der Waals surface area contributed by atoms with Gasteiger partial charge < -0.3 is 4.74 Å². The smallest absolute Gasteiger partial charge is 0.308 e. The van der Waals surface area contributed by atoms with Gasteiger partial charge in [-0.25, -0.2) is 0 Å². The van der Waals surface area contributed by atoms with Crippen molar-refractivity contribution in [1.29, 1.82) is 0 Å². The van der Waals surface area contributed by atoms with Crippen molar-refractivity contribution in [3.05, 3.63) is 64.5 Å². The third kappa shape index (κ3) is 4.44. The summed E-state index contributed by atoms with van der Waals surface area (Å²) in [6.45, 7) is 1.39. The highest BCUT2D eigenvalue weighted by molar-refractivity contribution is 8.02. The quantitative estimate of drug-likeness (QED) is 0.450. The molecule has 0 aliphatic heterocycles. The predicted octanol–water partition coefficient (Wildman–Crippen LogP) is 5.03. The molecule has 2 aromatic rings. The zero-order valence-electron chi connectivity index (χ0n) is 10.9. The van der Waals surface area contributed by atoms with E-state index in [2.05, 4.69) is 0 Å². The van der Waals surface area contributed by atoms with Crippen LogP contribution in [0.3, 0.4) is 0 Å². The minimum atomic E-state index is -0.320. The molecular weight excluding hydrogens is 292 g/mol. The van der Waals surface area contributed by atoms with Gasteiger partial charge in [0.1, 0.15) is 5.75 Å². The summed E-state index contributed by atoms with van der Waals surface area (Å²) < 4.78 is 5.15. The molecule has 2 rings (SSSR count). The molecule has 4 heteroatoms. The Balaban J connectivity index is 2.07. The van der Waals surface area contributed by atoms with E-state index < -0.39 is 0 Å². The number of hydrogen-bond donors (Lipinski definition) is 0. The Bertz CT molecular complexity index is 621. The first-order chi connectivity index (χ1) is 9.65. The molecule has 0 heterocycles. The molecule has 2 nitrogen and oxygen atoms in total. The normalized spacial score (nSPS) is 10.7. The molecule has 0 aliphatic carbocycles. The third-order valence-electron chi connectivity index (χ3n) is 2.43. The van der Waals surface area contributed by atoms with E-state index in [9.17, 15) is 4.79 Å². The molecule has 102 valence electrons. The number of esters is 1. The number of carbonyl (C=O) groups is 1. The molecule has 0 saturated carbocycles. The van der Waals surface area contributed by atoms with E-state index in [1.54, 1.807) is 6.07 Å². The average molecular weight is 305 g/mol. The van der Waals surface area contributed by atoms with Crippen LogP contribution in [0.4, 0.5) is 0 Å². The molecule has 0 atom stereocenters. The zero-order chi connectivity index (χ0) is 14.4. The second kappa shape index (κ2) is 7.17. The number of rotatable bonds is 4. The van der Waals surface area contributed by atoms with Gasteiger partial charge in [0.2, 0.25) is 0 Å². The van der Waals surface area contributed by atoms with Crippen molar-refractivity contribution in [1.82, 2.24) is 0 Å². The van der Waals surface area contributed by atoms with Crippen LogP contribution in [0.5, 0.6) is 5.75 Å². The van der Waals surface area contributed by atoms with Crippen LogP contribution < -0.4 is 4.74 Å². The lowest BCUT2D eigenvalue weighted by molar-refractivity contribution is -0.132. The van der Waals surface area contributed by atoms with E-state index in [0.717, 1.165) is 15.5 Å². The Morgan fingerprint density at radius 3 is 2.55 bits per heavy atom. The summed E-state index contributed by atoms with van der Waals surface area (Å²) in [4.78, 5) is 11.9. The Labute approximate surface area is 127 Å². The van der Waals surface area contributed by atoms with Crippen molar-refractivity contribution in [3.8, 4) is 5.75 Å². The van der Waals surface area contributed by atoms with Crippen molar-refractivity contribution in [2.75, 3.05) is 0 Å². The second-order valence-electron chi connectivity index (χ2n) is 4.01. The fraction of sp³-hybridized carbons (Fsp3) is 0.0625. The van der Waals surface area contributed by atoms with Crippen LogP contribution in [0.2, 0.25) is 5.02 Å². The van der Waals surface area contributed by atoms with Crippen molar-refractivity contribution in [3.63, 3.8) is 0 Å². The first-order valence-electron chi connectivity index (χ1n) is 6.01. The average Bonchev–Trinajstić information content (AvgIpc) is 2.42. The van der Waals surface area contributed by atoms with Gasteiger partial charge in [-0.3, -0.25) is 4.79 Å². The molecule has 0 spiro atoms. The SMILES string of the molecule is CC(=O)Oc1ccccc1SC=Cc1ccc(Cl)cc1. The summed E-state index contributed by atoms with van der Waals surface area (Å²) in [5.74, 6) is 0.255. The van der Waals surface area contributed by atoms with Crippen LogP contribution in [0, 0.1) is 0 Å². The fourth-order valence-corrected chi connectivity index (χ4v) is 2.43. The summed E-state index contributed by atoms with van der Waals surface area (Å²) >= 11 is 7.33. The first kappa shape index (κ1) is 14.7. The summed E-state index contributed by atoms with van der Waals surface area (Å²) in [5.41, 5.74) is 1.06. The van der Waals surface area contributed by atoms with Crippen LogP contribution in [0.1, 0.15) is 12.5 Å². The zero-order valence-corrected chi connectivity index (χ0v) is 12.4. The summed E-state index contributed by atoms with van der Waals surface area (Å²) in [7, 11) is 0. The maximum Gasteiger partial charge on any atom is 0.308 e. The number of thioether (sulfide) groups is 1. The highest BCUT2D eigenvalue weighted by Crippen LogP contribution is 2.30. The van der Waals surface area contributed by atoms with Crippen LogP contribution in [-0.4, -0.2) is 5.97 Å². The molecule has 0 aliphatic rings. The third-order valence-corrected chi connectivity index (χ3v) is 3.54. The van der Waals surface area contributed by atoms with Gasteiger partial charge in [0, 0.05) is 11.9 Å². The van der Waals surface area contributed by atoms with Crippen LogP contribution in [-0.2, 0) is 4.79 Å². The maximum atomic E-state index is 11.0. The van der Waals surface area contributed by atoms with Crippen molar-refractivity contribution < 1.29 is 9.53 Å². The van der Waals surface area contributed by atoms with E-state index in [1.807, 2.05) is 53.9 Å². The van der Waals surface area contributed by atoms with Crippen LogP contribution >= 0.6 is 23.4 Å². The van der Waals surface area contributed by atoms with E-state index in [4.69, 9.17) is 16.3 Å². The van der Waals surface area contributed by atoms with Crippen LogP contribution in [0.15, 0.2) is 58.8 Å². The Morgan fingerprint density at radius 2 is 1.85 bits per heavy atom. The van der Waals surface area contributed by atoms with E-state index in [1.165, 1.54) is 18.7 Å². The Kier molecular flexibility index (Phi) is 5.27. The van der Waals surface area contributed by atoms with Gasteiger partial charge in [0.15, 0.2) is 0 Å². The number of para-hydroxylation sites is 1. The number of halogens is 1. The minimum Gasteiger partial charge on any atom is -0.426 e. The van der Waals surface area contributed by atoms with Gasteiger partial charge in [0.25, 0.3) is 0 Å². The predicted molar refractivity (Wildman–Crippen MR) is 84.1 cm³/mol. The molecule has 0 radical (unpaired) electrons.